The molecular formula is C12H20N4O. The maximum atomic E-state index is 12.1. The predicted octanol–water partition coefficient (Wildman–Crippen LogP) is 0.634. The number of nitrogens with one attached hydrogen (secondary N) is 1. The fourth-order valence-electron chi connectivity index (χ4n) is 2.22. The topological polar surface area (TPSA) is 50.2 Å². The summed E-state index contributed by atoms with van der Waals surface area (Å²) in [5.41, 5.74) is 0.519. The molecule has 2 rings (SSSR count). The summed E-state index contributed by atoms with van der Waals surface area (Å²) in [5, 5.41) is 7.57. The number of aromatic nitrogens is 2. The Kier molecular flexibility index (Phi) is 3.78. The minimum atomic E-state index is -0.00188. The van der Waals surface area contributed by atoms with Crippen molar-refractivity contribution in [3.63, 3.8) is 0 Å². The SMILES string of the molecule is CN(CC1CCCCN1)C(=O)c1ccn(C)n1. The summed E-state index contributed by atoms with van der Waals surface area (Å²) in [7, 11) is 3.66. The monoisotopic (exact) mass is 236 g/mol. The van der Waals surface area contributed by atoms with Crippen molar-refractivity contribution in [2.45, 2.75) is 25.3 Å². The number of carbonyl (C=O) groups excluding carboxylic acids is 1. The second-order valence-corrected chi connectivity index (χ2v) is 4.71. The molecule has 1 aromatic heterocycles. The molecule has 17 heavy (non-hydrogen) atoms. The quantitative estimate of drug-likeness (QED) is 0.837. The Morgan fingerprint density at radius 1 is 1.65 bits per heavy atom. The molecule has 1 aliphatic heterocycles. The van der Waals surface area contributed by atoms with Gasteiger partial charge in [-0.2, -0.15) is 5.10 Å². The summed E-state index contributed by atoms with van der Waals surface area (Å²) < 4.78 is 1.65. The van der Waals surface area contributed by atoms with E-state index in [0.717, 1.165) is 19.5 Å². The number of hydrogen-bond acceptors (Lipinski definition) is 3. The molecule has 5 heteroatoms. The lowest BCUT2D eigenvalue weighted by Crippen LogP contribution is -2.44. The van der Waals surface area contributed by atoms with E-state index in [-0.39, 0.29) is 5.91 Å². The second-order valence-electron chi connectivity index (χ2n) is 4.71. The minimum Gasteiger partial charge on any atom is -0.339 e. The van der Waals surface area contributed by atoms with E-state index in [4.69, 9.17) is 0 Å². The Morgan fingerprint density at radius 3 is 3.06 bits per heavy atom. The van der Waals surface area contributed by atoms with E-state index in [0.29, 0.717) is 11.7 Å². The van der Waals surface area contributed by atoms with Gasteiger partial charge >= 0.3 is 0 Å². The van der Waals surface area contributed by atoms with Crippen LogP contribution in [0.4, 0.5) is 0 Å². The number of rotatable bonds is 3. The van der Waals surface area contributed by atoms with Crippen LogP contribution < -0.4 is 5.32 Å². The molecule has 0 saturated carbocycles. The van der Waals surface area contributed by atoms with E-state index in [1.165, 1.54) is 12.8 Å². The normalized spacial score (nSPS) is 20.2. The molecule has 0 aromatic carbocycles. The van der Waals surface area contributed by atoms with E-state index in [9.17, 15) is 4.79 Å². The van der Waals surface area contributed by atoms with Crippen LogP contribution in [0.15, 0.2) is 12.3 Å². The lowest BCUT2D eigenvalue weighted by molar-refractivity contribution is 0.0769. The molecule has 1 aromatic rings. The number of carbonyl (C=O) groups is 1. The van der Waals surface area contributed by atoms with Crippen molar-refractivity contribution in [3.05, 3.63) is 18.0 Å². The average Bonchev–Trinajstić information content (AvgIpc) is 2.76. The standard InChI is InChI=1S/C12H20N4O/c1-15(9-10-5-3-4-7-13-10)12(17)11-6-8-16(2)14-11/h6,8,10,13H,3-5,7,9H2,1-2H3. The summed E-state index contributed by atoms with van der Waals surface area (Å²) in [6.07, 6.45) is 5.44. The van der Waals surface area contributed by atoms with Gasteiger partial charge in [-0.15, -0.1) is 0 Å². The third-order valence-electron chi connectivity index (χ3n) is 3.19. The lowest BCUT2D eigenvalue weighted by atomic mass is 10.0. The fourth-order valence-corrected chi connectivity index (χ4v) is 2.22. The van der Waals surface area contributed by atoms with Crippen LogP contribution in [-0.2, 0) is 7.05 Å². The smallest absolute Gasteiger partial charge is 0.274 e. The van der Waals surface area contributed by atoms with Crippen molar-refractivity contribution in [1.29, 1.82) is 0 Å². The first-order chi connectivity index (χ1) is 8.16. The molecule has 5 nitrogen and oxygen atoms in total. The van der Waals surface area contributed by atoms with E-state index < -0.39 is 0 Å². The molecule has 1 saturated heterocycles. The van der Waals surface area contributed by atoms with Gasteiger partial charge in [-0.25, -0.2) is 0 Å². The zero-order chi connectivity index (χ0) is 12.3. The molecule has 94 valence electrons. The van der Waals surface area contributed by atoms with Crippen LogP contribution in [0.3, 0.4) is 0 Å². The van der Waals surface area contributed by atoms with E-state index in [1.54, 1.807) is 21.8 Å². The van der Waals surface area contributed by atoms with Gasteiger partial charge in [-0.1, -0.05) is 6.42 Å². The molecule has 0 radical (unpaired) electrons. The van der Waals surface area contributed by atoms with Gasteiger partial charge in [-0.05, 0) is 25.5 Å². The highest BCUT2D eigenvalue weighted by atomic mass is 16.2. The Bertz CT molecular complexity index is 382. The van der Waals surface area contributed by atoms with Gasteiger partial charge < -0.3 is 10.2 Å². The highest BCUT2D eigenvalue weighted by Gasteiger charge is 2.19. The van der Waals surface area contributed by atoms with Gasteiger partial charge in [0, 0.05) is 32.9 Å². The summed E-state index contributed by atoms with van der Waals surface area (Å²) in [6.45, 7) is 1.83. The Balaban J connectivity index is 1.90. The van der Waals surface area contributed by atoms with Crippen molar-refractivity contribution in [2.24, 2.45) is 7.05 Å². The minimum absolute atomic E-state index is 0.00188. The van der Waals surface area contributed by atoms with Crippen LogP contribution in [0.5, 0.6) is 0 Å². The zero-order valence-electron chi connectivity index (χ0n) is 10.5. The fraction of sp³-hybridized carbons (Fsp3) is 0.667. The highest BCUT2D eigenvalue weighted by molar-refractivity contribution is 5.92. The first kappa shape index (κ1) is 12.1. The molecule has 1 fully saturated rings. The number of piperidine rings is 1. The van der Waals surface area contributed by atoms with Gasteiger partial charge in [-0.3, -0.25) is 9.48 Å². The third kappa shape index (κ3) is 3.06. The average molecular weight is 236 g/mol. The van der Waals surface area contributed by atoms with Crippen LogP contribution in [0.25, 0.3) is 0 Å². The van der Waals surface area contributed by atoms with Gasteiger partial charge in [0.05, 0.1) is 0 Å². The van der Waals surface area contributed by atoms with E-state index in [1.807, 2.05) is 14.1 Å². The van der Waals surface area contributed by atoms with Crippen molar-refractivity contribution < 1.29 is 4.79 Å². The largest absolute Gasteiger partial charge is 0.339 e. The molecule has 1 aliphatic rings. The van der Waals surface area contributed by atoms with Gasteiger partial charge in [0.2, 0.25) is 0 Å². The Hall–Kier alpha value is -1.36. The number of aryl methyl sites for hydroxylation is 1. The van der Waals surface area contributed by atoms with E-state index in [2.05, 4.69) is 10.4 Å². The summed E-state index contributed by atoms with van der Waals surface area (Å²) in [6, 6.07) is 2.19. The number of likely N-dealkylation sites (N-methyl/N-ethyl adjacent to an activating group) is 1. The maximum absolute atomic E-state index is 12.1. The molecule has 0 aliphatic carbocycles. The van der Waals surface area contributed by atoms with Gasteiger partial charge in [0.1, 0.15) is 5.69 Å². The molecule has 0 bridgehead atoms. The molecule has 1 atom stereocenters. The Labute approximate surface area is 102 Å². The van der Waals surface area contributed by atoms with E-state index >= 15 is 0 Å². The summed E-state index contributed by atoms with van der Waals surface area (Å²) >= 11 is 0. The first-order valence-electron chi connectivity index (χ1n) is 6.15. The van der Waals surface area contributed by atoms with Crippen LogP contribution in [-0.4, -0.2) is 46.8 Å². The van der Waals surface area contributed by atoms with Crippen molar-refractivity contribution in [3.8, 4) is 0 Å². The van der Waals surface area contributed by atoms with Crippen molar-refractivity contribution >= 4 is 5.91 Å². The highest BCUT2D eigenvalue weighted by Crippen LogP contribution is 2.09. The number of hydrogen-bond donors (Lipinski definition) is 1. The van der Waals surface area contributed by atoms with Gasteiger partial charge in [0.25, 0.3) is 5.91 Å². The molecule has 1 amide bonds. The molecule has 1 N–H and O–H groups in total. The van der Waals surface area contributed by atoms with Crippen LogP contribution >= 0.6 is 0 Å². The second kappa shape index (κ2) is 5.31. The summed E-state index contributed by atoms with van der Waals surface area (Å²) in [5.74, 6) is -0.00188. The van der Waals surface area contributed by atoms with Gasteiger partial charge in [0.15, 0.2) is 0 Å². The van der Waals surface area contributed by atoms with Crippen molar-refractivity contribution in [2.75, 3.05) is 20.1 Å². The molecule has 1 unspecified atom stereocenters. The number of nitrogens with zero attached hydrogens (tertiary/aromatic N) is 3. The molecular weight excluding hydrogens is 216 g/mol. The predicted molar refractivity (Wildman–Crippen MR) is 65.8 cm³/mol. The van der Waals surface area contributed by atoms with Crippen LogP contribution in [0, 0.1) is 0 Å². The van der Waals surface area contributed by atoms with Crippen molar-refractivity contribution in [1.82, 2.24) is 20.0 Å². The van der Waals surface area contributed by atoms with Crippen LogP contribution in [0.1, 0.15) is 29.8 Å². The molecule has 2 heterocycles. The first-order valence-corrected chi connectivity index (χ1v) is 6.15. The lowest BCUT2D eigenvalue weighted by Gasteiger charge is -2.27. The molecule has 0 spiro atoms. The zero-order valence-corrected chi connectivity index (χ0v) is 10.5. The maximum Gasteiger partial charge on any atom is 0.274 e. The summed E-state index contributed by atoms with van der Waals surface area (Å²) in [4.78, 5) is 13.8. The third-order valence-corrected chi connectivity index (χ3v) is 3.19. The Morgan fingerprint density at radius 2 is 2.47 bits per heavy atom. The number of amides is 1. The van der Waals surface area contributed by atoms with Crippen LogP contribution in [0.2, 0.25) is 0 Å².